The van der Waals surface area contributed by atoms with Gasteiger partial charge in [-0.2, -0.15) is 0 Å². The summed E-state index contributed by atoms with van der Waals surface area (Å²) in [5, 5.41) is 0. The van der Waals surface area contributed by atoms with E-state index in [4.69, 9.17) is 0 Å². The van der Waals surface area contributed by atoms with Crippen LogP contribution in [-0.2, 0) is 0 Å². The first kappa shape index (κ1) is 16.5. The second-order valence-corrected chi connectivity index (χ2v) is 5.03. The maximum atomic E-state index is 3.93. The lowest BCUT2D eigenvalue weighted by Gasteiger charge is -2.06. The van der Waals surface area contributed by atoms with Crippen LogP contribution in [0.3, 0.4) is 0 Å². The van der Waals surface area contributed by atoms with Gasteiger partial charge >= 0.3 is 0 Å². The number of rotatable bonds is 12. The van der Waals surface area contributed by atoms with Crippen LogP contribution < -0.4 is 0 Å². The lowest BCUT2D eigenvalue weighted by Crippen LogP contribution is -1.91. The third-order valence-corrected chi connectivity index (χ3v) is 3.30. The van der Waals surface area contributed by atoms with E-state index in [9.17, 15) is 0 Å². The van der Waals surface area contributed by atoms with Gasteiger partial charge in [0, 0.05) is 0 Å². The molecule has 0 aromatic rings. The molecule has 0 heterocycles. The zero-order chi connectivity index (χ0) is 12.8. The summed E-state index contributed by atoms with van der Waals surface area (Å²) in [6.45, 7) is 8.46. The highest BCUT2D eigenvalue weighted by molar-refractivity contribution is 4.96. The summed E-state index contributed by atoms with van der Waals surface area (Å²) >= 11 is 0. The van der Waals surface area contributed by atoms with Crippen LogP contribution in [0.5, 0.6) is 0 Å². The van der Waals surface area contributed by atoms with Gasteiger partial charge in [0.15, 0.2) is 0 Å². The SMILES string of the molecule is C=CC(/C=C/CCCCCCC)CCCCC. The standard InChI is InChI=1S/C17H32/c1-4-7-9-10-11-12-14-16-17(6-3)15-13-8-5-2/h6,14,16-17H,3-5,7-13,15H2,1-2H3/b16-14+. The molecule has 0 aromatic carbocycles. The Hall–Kier alpha value is -0.520. The number of hydrogen-bond acceptors (Lipinski definition) is 0. The molecule has 0 aliphatic carbocycles. The first-order valence-electron chi connectivity index (χ1n) is 7.64. The van der Waals surface area contributed by atoms with Gasteiger partial charge in [-0.1, -0.05) is 77.0 Å². The predicted octanol–water partition coefficient (Wildman–Crippen LogP) is 6.29. The fourth-order valence-electron chi connectivity index (χ4n) is 2.06. The Balaban J connectivity index is 3.47. The summed E-state index contributed by atoms with van der Waals surface area (Å²) in [6, 6.07) is 0. The van der Waals surface area contributed by atoms with E-state index < -0.39 is 0 Å². The molecular weight excluding hydrogens is 204 g/mol. The Morgan fingerprint density at radius 1 is 0.882 bits per heavy atom. The highest BCUT2D eigenvalue weighted by atomic mass is 14.0. The Kier molecular flexibility index (Phi) is 13.1. The molecular formula is C17H32. The second-order valence-electron chi connectivity index (χ2n) is 5.03. The minimum atomic E-state index is 0.609. The monoisotopic (exact) mass is 236 g/mol. The molecule has 0 saturated carbocycles. The van der Waals surface area contributed by atoms with Gasteiger partial charge in [0.25, 0.3) is 0 Å². The van der Waals surface area contributed by atoms with Crippen LogP contribution in [0.15, 0.2) is 24.8 Å². The van der Waals surface area contributed by atoms with Gasteiger partial charge in [-0.15, -0.1) is 6.58 Å². The van der Waals surface area contributed by atoms with E-state index in [2.05, 4.69) is 38.7 Å². The number of hydrogen-bond donors (Lipinski definition) is 0. The molecule has 0 aliphatic rings. The quantitative estimate of drug-likeness (QED) is 0.276. The molecule has 0 radical (unpaired) electrons. The average molecular weight is 236 g/mol. The minimum Gasteiger partial charge on any atom is -0.102 e. The molecule has 0 heteroatoms. The molecule has 0 saturated heterocycles. The van der Waals surface area contributed by atoms with Crippen molar-refractivity contribution < 1.29 is 0 Å². The van der Waals surface area contributed by atoms with E-state index in [-0.39, 0.29) is 0 Å². The molecule has 0 bridgehead atoms. The van der Waals surface area contributed by atoms with Gasteiger partial charge in [0.05, 0.1) is 0 Å². The smallest absolute Gasteiger partial charge is 0.00562 e. The van der Waals surface area contributed by atoms with Crippen LogP contribution in [0.4, 0.5) is 0 Å². The summed E-state index contributed by atoms with van der Waals surface area (Å²) in [5.74, 6) is 0.609. The fraction of sp³-hybridized carbons (Fsp3) is 0.765. The van der Waals surface area contributed by atoms with Gasteiger partial charge in [0.2, 0.25) is 0 Å². The second kappa shape index (κ2) is 13.5. The van der Waals surface area contributed by atoms with Crippen molar-refractivity contribution in [1.29, 1.82) is 0 Å². The first-order chi connectivity index (χ1) is 8.35. The highest BCUT2D eigenvalue weighted by Gasteiger charge is 1.98. The van der Waals surface area contributed by atoms with Crippen LogP contribution in [0.1, 0.15) is 78.1 Å². The molecule has 0 aromatic heterocycles. The molecule has 17 heavy (non-hydrogen) atoms. The first-order valence-corrected chi connectivity index (χ1v) is 7.64. The van der Waals surface area contributed by atoms with Crippen molar-refractivity contribution in [1.82, 2.24) is 0 Å². The Bertz CT molecular complexity index is 178. The molecule has 0 spiro atoms. The van der Waals surface area contributed by atoms with E-state index in [0.717, 1.165) is 0 Å². The molecule has 0 amide bonds. The van der Waals surface area contributed by atoms with E-state index in [1.54, 1.807) is 0 Å². The Labute approximate surface area is 109 Å². The lowest BCUT2D eigenvalue weighted by atomic mass is 10.00. The Morgan fingerprint density at radius 3 is 2.18 bits per heavy atom. The van der Waals surface area contributed by atoms with Crippen LogP contribution >= 0.6 is 0 Å². The van der Waals surface area contributed by atoms with Gasteiger partial charge in [-0.25, -0.2) is 0 Å². The summed E-state index contributed by atoms with van der Waals surface area (Å²) in [4.78, 5) is 0. The van der Waals surface area contributed by atoms with Crippen molar-refractivity contribution in [2.75, 3.05) is 0 Å². The van der Waals surface area contributed by atoms with Gasteiger partial charge in [-0.3, -0.25) is 0 Å². The summed E-state index contributed by atoms with van der Waals surface area (Å²) in [5.41, 5.74) is 0. The number of unbranched alkanes of at least 4 members (excludes halogenated alkanes) is 7. The molecule has 0 fully saturated rings. The third kappa shape index (κ3) is 11.7. The number of allylic oxidation sites excluding steroid dienone is 3. The normalized spacial score (nSPS) is 13.1. The van der Waals surface area contributed by atoms with E-state index >= 15 is 0 Å². The molecule has 0 nitrogen and oxygen atoms in total. The van der Waals surface area contributed by atoms with Crippen molar-refractivity contribution in [3.05, 3.63) is 24.8 Å². The minimum absolute atomic E-state index is 0.609. The van der Waals surface area contributed by atoms with Crippen LogP contribution in [0.2, 0.25) is 0 Å². The molecule has 1 unspecified atom stereocenters. The average Bonchev–Trinajstić information content (AvgIpc) is 2.35. The molecule has 1 atom stereocenters. The summed E-state index contributed by atoms with van der Waals surface area (Å²) in [7, 11) is 0. The van der Waals surface area contributed by atoms with Crippen molar-refractivity contribution in [2.45, 2.75) is 78.1 Å². The van der Waals surface area contributed by atoms with Crippen molar-refractivity contribution >= 4 is 0 Å². The topological polar surface area (TPSA) is 0 Å². The van der Waals surface area contributed by atoms with Gasteiger partial charge in [-0.05, 0) is 25.2 Å². The van der Waals surface area contributed by atoms with E-state index in [1.165, 1.54) is 64.2 Å². The summed E-state index contributed by atoms with van der Waals surface area (Å²) < 4.78 is 0. The van der Waals surface area contributed by atoms with E-state index in [0.29, 0.717) is 5.92 Å². The predicted molar refractivity (Wildman–Crippen MR) is 80.3 cm³/mol. The zero-order valence-corrected chi connectivity index (χ0v) is 12.1. The molecule has 0 rings (SSSR count). The lowest BCUT2D eigenvalue weighted by molar-refractivity contribution is 0.607. The van der Waals surface area contributed by atoms with Crippen LogP contribution in [0, 0.1) is 5.92 Å². The summed E-state index contributed by atoms with van der Waals surface area (Å²) in [6.07, 6.45) is 20.3. The zero-order valence-electron chi connectivity index (χ0n) is 12.1. The molecule has 0 N–H and O–H groups in total. The fourth-order valence-corrected chi connectivity index (χ4v) is 2.06. The maximum Gasteiger partial charge on any atom is -0.00562 e. The highest BCUT2D eigenvalue weighted by Crippen LogP contribution is 2.13. The van der Waals surface area contributed by atoms with Gasteiger partial charge in [0.1, 0.15) is 0 Å². The maximum absolute atomic E-state index is 3.93. The largest absolute Gasteiger partial charge is 0.102 e. The molecule has 0 aliphatic heterocycles. The van der Waals surface area contributed by atoms with Crippen LogP contribution in [-0.4, -0.2) is 0 Å². The van der Waals surface area contributed by atoms with Gasteiger partial charge < -0.3 is 0 Å². The van der Waals surface area contributed by atoms with Crippen molar-refractivity contribution in [3.63, 3.8) is 0 Å². The molecule has 100 valence electrons. The van der Waals surface area contributed by atoms with Crippen LogP contribution in [0.25, 0.3) is 0 Å². The Morgan fingerprint density at radius 2 is 1.53 bits per heavy atom. The van der Waals surface area contributed by atoms with Crippen molar-refractivity contribution in [3.8, 4) is 0 Å². The third-order valence-electron chi connectivity index (χ3n) is 3.30. The van der Waals surface area contributed by atoms with Crippen molar-refractivity contribution in [2.24, 2.45) is 5.92 Å². The van der Waals surface area contributed by atoms with E-state index in [1.807, 2.05) is 0 Å².